The largest absolute Gasteiger partial charge is 0.360 e. The van der Waals surface area contributed by atoms with Crippen molar-refractivity contribution in [2.45, 2.75) is 11.8 Å². The van der Waals surface area contributed by atoms with Crippen LogP contribution in [0.4, 0.5) is 8.78 Å². The van der Waals surface area contributed by atoms with Crippen LogP contribution in [0.15, 0.2) is 10.6 Å². The van der Waals surface area contributed by atoms with E-state index in [9.17, 15) is 8.78 Å². The lowest BCUT2D eigenvalue weighted by Crippen LogP contribution is -1.80. The first-order chi connectivity index (χ1) is 4.74. The van der Waals surface area contributed by atoms with Crippen molar-refractivity contribution in [1.82, 2.24) is 5.16 Å². The van der Waals surface area contributed by atoms with Gasteiger partial charge in [0, 0.05) is 6.07 Å². The monoisotopic (exact) mass is 211 g/mol. The molecule has 0 aliphatic rings. The van der Waals surface area contributed by atoms with Crippen molar-refractivity contribution < 1.29 is 13.3 Å². The SMILES string of the molecule is FC(F)c1cc(CBr)on1. The minimum Gasteiger partial charge on any atom is -0.360 e. The third kappa shape index (κ3) is 1.53. The topological polar surface area (TPSA) is 26.0 Å². The van der Waals surface area contributed by atoms with Crippen LogP contribution in [-0.4, -0.2) is 5.16 Å². The number of nitrogens with zero attached hydrogens (tertiary/aromatic N) is 1. The van der Waals surface area contributed by atoms with Gasteiger partial charge >= 0.3 is 0 Å². The zero-order chi connectivity index (χ0) is 7.56. The maximum Gasteiger partial charge on any atom is 0.283 e. The van der Waals surface area contributed by atoms with Gasteiger partial charge in [0.15, 0.2) is 0 Å². The van der Waals surface area contributed by atoms with E-state index in [1.54, 1.807) is 0 Å². The van der Waals surface area contributed by atoms with Gasteiger partial charge in [0.05, 0.1) is 5.33 Å². The molecule has 0 amide bonds. The van der Waals surface area contributed by atoms with Gasteiger partial charge in [-0.15, -0.1) is 0 Å². The van der Waals surface area contributed by atoms with Crippen molar-refractivity contribution >= 4 is 15.9 Å². The highest BCUT2D eigenvalue weighted by atomic mass is 79.9. The zero-order valence-electron chi connectivity index (χ0n) is 4.85. The Morgan fingerprint density at radius 3 is 2.70 bits per heavy atom. The Kier molecular flexibility index (Phi) is 2.37. The molecule has 0 aromatic carbocycles. The third-order valence-corrected chi connectivity index (χ3v) is 1.49. The van der Waals surface area contributed by atoms with E-state index in [2.05, 4.69) is 25.6 Å². The maximum atomic E-state index is 11.8. The van der Waals surface area contributed by atoms with Crippen LogP contribution in [-0.2, 0) is 5.33 Å². The van der Waals surface area contributed by atoms with Crippen LogP contribution >= 0.6 is 15.9 Å². The van der Waals surface area contributed by atoms with Crippen molar-refractivity contribution in [3.05, 3.63) is 17.5 Å². The lowest BCUT2D eigenvalue weighted by atomic mass is 10.4. The molecule has 1 aromatic rings. The summed E-state index contributed by atoms with van der Waals surface area (Å²) < 4.78 is 28.1. The summed E-state index contributed by atoms with van der Waals surface area (Å²) in [4.78, 5) is 0. The van der Waals surface area contributed by atoms with Crippen molar-refractivity contribution in [1.29, 1.82) is 0 Å². The van der Waals surface area contributed by atoms with Crippen LogP contribution in [0.5, 0.6) is 0 Å². The smallest absolute Gasteiger partial charge is 0.283 e. The number of hydrogen-bond acceptors (Lipinski definition) is 2. The predicted octanol–water partition coefficient (Wildman–Crippen LogP) is 2.51. The van der Waals surface area contributed by atoms with Gasteiger partial charge in [-0.25, -0.2) is 8.78 Å². The fourth-order valence-electron chi connectivity index (χ4n) is 0.495. The number of halogens is 3. The summed E-state index contributed by atoms with van der Waals surface area (Å²) in [6, 6.07) is 1.22. The van der Waals surface area contributed by atoms with Gasteiger partial charge in [0.1, 0.15) is 11.5 Å². The Balaban J connectivity index is 2.78. The normalized spacial score (nSPS) is 10.8. The Bertz CT molecular complexity index is 213. The fourth-order valence-corrected chi connectivity index (χ4v) is 0.759. The van der Waals surface area contributed by atoms with Crippen molar-refractivity contribution in [3.63, 3.8) is 0 Å². The summed E-state index contributed by atoms with van der Waals surface area (Å²) in [7, 11) is 0. The second kappa shape index (κ2) is 3.09. The number of aromatic nitrogens is 1. The molecule has 0 spiro atoms. The molecule has 1 rings (SSSR count). The molecule has 0 fully saturated rings. The average Bonchev–Trinajstić information content (AvgIpc) is 2.34. The third-order valence-electron chi connectivity index (χ3n) is 0.932. The molecule has 0 radical (unpaired) electrons. The Morgan fingerprint density at radius 2 is 2.40 bits per heavy atom. The standard InChI is InChI=1S/C5H4BrF2NO/c6-2-3-1-4(5(7)8)9-10-3/h1,5H,2H2. The van der Waals surface area contributed by atoms with Crippen LogP contribution in [0, 0.1) is 0 Å². The molecule has 0 unspecified atom stereocenters. The van der Waals surface area contributed by atoms with Crippen LogP contribution in [0.2, 0.25) is 0 Å². The molecule has 10 heavy (non-hydrogen) atoms. The van der Waals surface area contributed by atoms with Gasteiger partial charge in [-0.1, -0.05) is 21.1 Å². The highest BCUT2D eigenvalue weighted by molar-refractivity contribution is 9.08. The zero-order valence-corrected chi connectivity index (χ0v) is 6.44. The van der Waals surface area contributed by atoms with Crippen LogP contribution in [0.3, 0.4) is 0 Å². The van der Waals surface area contributed by atoms with E-state index in [0.717, 1.165) is 0 Å². The van der Waals surface area contributed by atoms with E-state index in [-0.39, 0.29) is 5.69 Å². The molecule has 0 bridgehead atoms. The van der Waals surface area contributed by atoms with E-state index in [1.807, 2.05) is 0 Å². The minimum atomic E-state index is -2.54. The average molecular weight is 212 g/mol. The highest BCUT2D eigenvalue weighted by Gasteiger charge is 2.12. The first-order valence-electron chi connectivity index (χ1n) is 2.53. The summed E-state index contributed by atoms with van der Waals surface area (Å²) in [6.07, 6.45) is -2.54. The van der Waals surface area contributed by atoms with E-state index in [1.165, 1.54) is 6.07 Å². The Labute approximate surface area is 64.3 Å². The van der Waals surface area contributed by atoms with E-state index in [0.29, 0.717) is 11.1 Å². The quantitative estimate of drug-likeness (QED) is 0.703. The molecular formula is C5H4BrF2NO. The summed E-state index contributed by atoms with van der Waals surface area (Å²) >= 11 is 3.04. The molecule has 0 aliphatic carbocycles. The van der Waals surface area contributed by atoms with E-state index < -0.39 is 6.43 Å². The van der Waals surface area contributed by atoms with Gasteiger partial charge in [0.2, 0.25) is 0 Å². The molecule has 0 aliphatic heterocycles. The lowest BCUT2D eigenvalue weighted by molar-refractivity contribution is 0.140. The maximum absolute atomic E-state index is 11.8. The summed E-state index contributed by atoms with van der Waals surface area (Å²) in [5, 5.41) is 3.54. The molecule has 1 heterocycles. The molecule has 5 heteroatoms. The molecular weight excluding hydrogens is 208 g/mol. The number of alkyl halides is 3. The molecule has 2 nitrogen and oxygen atoms in total. The molecule has 0 saturated heterocycles. The van der Waals surface area contributed by atoms with Crippen LogP contribution < -0.4 is 0 Å². The van der Waals surface area contributed by atoms with Gasteiger partial charge < -0.3 is 4.52 Å². The van der Waals surface area contributed by atoms with E-state index >= 15 is 0 Å². The summed E-state index contributed by atoms with van der Waals surface area (Å²) in [5.74, 6) is 0.412. The highest BCUT2D eigenvalue weighted by Crippen LogP contribution is 2.18. The van der Waals surface area contributed by atoms with Crippen molar-refractivity contribution in [2.24, 2.45) is 0 Å². The second-order valence-electron chi connectivity index (χ2n) is 1.65. The molecule has 0 saturated carbocycles. The Morgan fingerprint density at radius 1 is 1.70 bits per heavy atom. The predicted molar refractivity (Wildman–Crippen MR) is 34.1 cm³/mol. The first kappa shape index (κ1) is 7.65. The van der Waals surface area contributed by atoms with Gasteiger partial charge in [-0.3, -0.25) is 0 Å². The molecule has 1 aromatic heterocycles. The lowest BCUT2D eigenvalue weighted by Gasteiger charge is -1.84. The summed E-state index contributed by atoms with van der Waals surface area (Å²) in [6.45, 7) is 0. The van der Waals surface area contributed by atoms with Gasteiger partial charge in [0.25, 0.3) is 6.43 Å². The number of hydrogen-bond donors (Lipinski definition) is 0. The minimum absolute atomic E-state index is 0.311. The number of rotatable bonds is 2. The molecule has 0 N–H and O–H groups in total. The van der Waals surface area contributed by atoms with Crippen molar-refractivity contribution in [3.8, 4) is 0 Å². The molecule has 56 valence electrons. The first-order valence-corrected chi connectivity index (χ1v) is 3.66. The fraction of sp³-hybridized carbons (Fsp3) is 0.400. The van der Waals surface area contributed by atoms with Crippen LogP contribution in [0.25, 0.3) is 0 Å². The van der Waals surface area contributed by atoms with Crippen molar-refractivity contribution in [2.75, 3.05) is 0 Å². The molecule has 0 atom stereocenters. The summed E-state index contributed by atoms with van der Waals surface area (Å²) in [5.41, 5.74) is -0.311. The van der Waals surface area contributed by atoms with Gasteiger partial charge in [-0.2, -0.15) is 0 Å². The van der Waals surface area contributed by atoms with E-state index in [4.69, 9.17) is 0 Å². The second-order valence-corrected chi connectivity index (χ2v) is 2.21. The van der Waals surface area contributed by atoms with Gasteiger partial charge in [-0.05, 0) is 0 Å². The van der Waals surface area contributed by atoms with Crippen LogP contribution in [0.1, 0.15) is 17.9 Å². The Hall–Kier alpha value is -0.450.